The number of hydrogen-bond acceptors (Lipinski definition) is 2. The summed E-state index contributed by atoms with van der Waals surface area (Å²) in [7, 11) is 0. The van der Waals surface area contributed by atoms with E-state index in [1.54, 1.807) is 0 Å². The van der Waals surface area contributed by atoms with Crippen LogP contribution in [0.5, 0.6) is 0 Å². The molecule has 0 atom stereocenters. The Morgan fingerprint density at radius 3 is 2.50 bits per heavy atom. The summed E-state index contributed by atoms with van der Waals surface area (Å²) in [5.41, 5.74) is 6.40. The zero-order chi connectivity index (χ0) is 14.3. The van der Waals surface area contributed by atoms with Crippen LogP contribution in [0.1, 0.15) is 20.3 Å². The van der Waals surface area contributed by atoms with Gasteiger partial charge in [-0.1, -0.05) is 15.9 Å². The van der Waals surface area contributed by atoms with Gasteiger partial charge in [0, 0.05) is 22.6 Å². The smallest absolute Gasteiger partial charge is 0.226 e. The number of halogens is 2. The first-order chi connectivity index (χ1) is 8.97. The molecule has 1 aromatic rings. The predicted octanol–water partition coefficient (Wildman–Crippen LogP) is 2.71. The molecule has 0 unspecified atom stereocenters. The number of guanidine groups is 1. The summed E-state index contributed by atoms with van der Waals surface area (Å²) in [6.45, 7) is 4.32. The second-order valence-electron chi connectivity index (χ2n) is 4.37. The molecular formula is C13H20BrIN4O. The number of nitrogens with two attached hydrogens (primary N) is 1. The van der Waals surface area contributed by atoms with Crippen LogP contribution in [0.4, 0.5) is 5.69 Å². The number of rotatable bonds is 5. The van der Waals surface area contributed by atoms with Gasteiger partial charge >= 0.3 is 0 Å². The highest BCUT2D eigenvalue weighted by Crippen LogP contribution is 2.14. The number of nitrogens with zero attached hydrogens (tertiary/aromatic N) is 1. The van der Waals surface area contributed by atoms with Crippen molar-refractivity contribution in [3.05, 3.63) is 28.7 Å². The molecule has 0 fully saturated rings. The van der Waals surface area contributed by atoms with Crippen molar-refractivity contribution in [1.82, 2.24) is 5.32 Å². The maximum absolute atomic E-state index is 11.6. The third-order valence-corrected chi connectivity index (χ3v) is 2.71. The van der Waals surface area contributed by atoms with Gasteiger partial charge in [0.15, 0.2) is 5.96 Å². The van der Waals surface area contributed by atoms with E-state index in [9.17, 15) is 4.79 Å². The van der Waals surface area contributed by atoms with Crippen molar-refractivity contribution in [3.63, 3.8) is 0 Å². The van der Waals surface area contributed by atoms with Gasteiger partial charge < -0.3 is 16.4 Å². The minimum absolute atomic E-state index is 0. The average molecular weight is 455 g/mol. The maximum Gasteiger partial charge on any atom is 0.226 e. The lowest BCUT2D eigenvalue weighted by Crippen LogP contribution is -2.36. The quantitative estimate of drug-likeness (QED) is 0.363. The normalized spacial score (nSPS) is 10.9. The molecule has 0 heterocycles. The summed E-state index contributed by atoms with van der Waals surface area (Å²) in [4.78, 5) is 15.7. The van der Waals surface area contributed by atoms with E-state index in [2.05, 4.69) is 31.6 Å². The van der Waals surface area contributed by atoms with Gasteiger partial charge in [0.25, 0.3) is 0 Å². The fraction of sp³-hybridized carbons (Fsp3) is 0.385. The third-order valence-electron chi connectivity index (χ3n) is 2.19. The fourth-order valence-corrected chi connectivity index (χ4v) is 1.64. The number of benzene rings is 1. The van der Waals surface area contributed by atoms with E-state index in [1.165, 1.54) is 0 Å². The van der Waals surface area contributed by atoms with Gasteiger partial charge in [-0.2, -0.15) is 0 Å². The van der Waals surface area contributed by atoms with E-state index >= 15 is 0 Å². The minimum atomic E-state index is -0.0802. The van der Waals surface area contributed by atoms with Crippen LogP contribution < -0.4 is 16.4 Å². The average Bonchev–Trinajstić information content (AvgIpc) is 2.31. The molecule has 20 heavy (non-hydrogen) atoms. The Bertz CT molecular complexity index is 448. The van der Waals surface area contributed by atoms with E-state index in [4.69, 9.17) is 5.73 Å². The molecule has 0 saturated carbocycles. The summed E-state index contributed by atoms with van der Waals surface area (Å²) in [5, 5.41) is 5.76. The van der Waals surface area contributed by atoms with Crippen molar-refractivity contribution in [2.45, 2.75) is 26.3 Å². The van der Waals surface area contributed by atoms with Gasteiger partial charge in [0.05, 0.1) is 6.54 Å². The van der Waals surface area contributed by atoms with Crippen LogP contribution in [0.25, 0.3) is 0 Å². The molecule has 112 valence electrons. The molecule has 0 aliphatic heterocycles. The molecule has 4 N–H and O–H groups in total. The van der Waals surface area contributed by atoms with Crippen LogP contribution in [-0.4, -0.2) is 24.5 Å². The molecule has 0 aromatic heterocycles. The van der Waals surface area contributed by atoms with Crippen LogP contribution in [0, 0.1) is 0 Å². The van der Waals surface area contributed by atoms with Gasteiger partial charge in [-0.05, 0) is 38.1 Å². The van der Waals surface area contributed by atoms with E-state index < -0.39 is 0 Å². The molecule has 0 aliphatic carbocycles. The van der Waals surface area contributed by atoms with Crippen LogP contribution in [-0.2, 0) is 4.79 Å². The lowest BCUT2D eigenvalue weighted by Gasteiger charge is -2.08. The number of hydrogen-bond donors (Lipinski definition) is 3. The second kappa shape index (κ2) is 9.98. The van der Waals surface area contributed by atoms with Crippen LogP contribution >= 0.6 is 39.9 Å². The van der Waals surface area contributed by atoms with E-state index in [0.29, 0.717) is 18.9 Å². The first-order valence-electron chi connectivity index (χ1n) is 6.09. The second-order valence-corrected chi connectivity index (χ2v) is 5.29. The number of nitrogens with one attached hydrogen (secondary N) is 2. The Labute approximate surface area is 144 Å². The Balaban J connectivity index is 0.00000361. The largest absolute Gasteiger partial charge is 0.370 e. The topological polar surface area (TPSA) is 79.5 Å². The van der Waals surface area contributed by atoms with E-state index in [1.807, 2.05) is 38.1 Å². The molecular weight excluding hydrogens is 435 g/mol. The van der Waals surface area contributed by atoms with E-state index in [-0.39, 0.29) is 35.9 Å². The lowest BCUT2D eigenvalue weighted by molar-refractivity contribution is -0.116. The lowest BCUT2D eigenvalue weighted by atomic mass is 10.3. The zero-order valence-corrected chi connectivity index (χ0v) is 15.4. The van der Waals surface area contributed by atoms with Crippen molar-refractivity contribution in [2.75, 3.05) is 11.9 Å². The monoisotopic (exact) mass is 454 g/mol. The predicted molar refractivity (Wildman–Crippen MR) is 97.6 cm³/mol. The molecule has 0 aliphatic rings. The van der Waals surface area contributed by atoms with E-state index in [0.717, 1.165) is 10.2 Å². The molecule has 1 amide bonds. The van der Waals surface area contributed by atoms with Crippen molar-refractivity contribution >= 4 is 57.5 Å². The first kappa shape index (κ1) is 19.2. The summed E-state index contributed by atoms with van der Waals surface area (Å²) >= 11 is 3.34. The summed E-state index contributed by atoms with van der Waals surface area (Å²) in [5.74, 6) is 0.287. The minimum Gasteiger partial charge on any atom is -0.370 e. The molecule has 7 heteroatoms. The Kier molecular flexibility index (Phi) is 9.56. The van der Waals surface area contributed by atoms with Crippen molar-refractivity contribution in [2.24, 2.45) is 10.7 Å². The highest BCUT2D eigenvalue weighted by molar-refractivity contribution is 14.0. The number of carbonyl (C=O) groups excluding carboxylic acids is 1. The first-order valence-corrected chi connectivity index (χ1v) is 6.88. The number of amides is 1. The van der Waals surface area contributed by atoms with Gasteiger partial charge in [-0.3, -0.25) is 9.79 Å². The van der Waals surface area contributed by atoms with Crippen molar-refractivity contribution < 1.29 is 4.79 Å². The Hall–Kier alpha value is -0.830. The van der Waals surface area contributed by atoms with Gasteiger partial charge in [-0.25, -0.2) is 0 Å². The van der Waals surface area contributed by atoms with Crippen molar-refractivity contribution in [3.8, 4) is 0 Å². The number of carbonyl (C=O) groups is 1. The molecule has 1 aromatic carbocycles. The Morgan fingerprint density at radius 2 is 1.95 bits per heavy atom. The van der Waals surface area contributed by atoms with Gasteiger partial charge in [0.1, 0.15) is 0 Å². The maximum atomic E-state index is 11.6. The standard InChI is InChI=1S/C13H19BrN4O.HI/c1-9(2)17-13(15)16-8-7-12(19)18-11-5-3-10(14)4-6-11;/h3-6,9H,7-8H2,1-2H3,(H,18,19)(H3,15,16,17);1H. The molecule has 5 nitrogen and oxygen atoms in total. The van der Waals surface area contributed by atoms with Gasteiger partial charge in [-0.15, -0.1) is 24.0 Å². The van der Waals surface area contributed by atoms with Crippen LogP contribution in [0.2, 0.25) is 0 Å². The van der Waals surface area contributed by atoms with Gasteiger partial charge in [0.2, 0.25) is 5.91 Å². The fourth-order valence-electron chi connectivity index (χ4n) is 1.38. The summed E-state index contributed by atoms with van der Waals surface area (Å²) in [6, 6.07) is 7.65. The SMILES string of the molecule is CC(C)NC(N)=NCCC(=O)Nc1ccc(Br)cc1.I. The highest BCUT2D eigenvalue weighted by Gasteiger charge is 2.02. The highest BCUT2D eigenvalue weighted by atomic mass is 127. The zero-order valence-electron chi connectivity index (χ0n) is 11.5. The van der Waals surface area contributed by atoms with Crippen LogP contribution in [0.15, 0.2) is 33.7 Å². The molecule has 0 spiro atoms. The molecule has 1 rings (SSSR count). The molecule has 0 bridgehead atoms. The third kappa shape index (κ3) is 8.36. The molecule has 0 radical (unpaired) electrons. The summed E-state index contributed by atoms with van der Waals surface area (Å²) in [6.07, 6.45) is 0.302. The Morgan fingerprint density at radius 1 is 1.35 bits per heavy atom. The summed E-state index contributed by atoms with van der Waals surface area (Å²) < 4.78 is 0.975. The van der Waals surface area contributed by atoms with Crippen LogP contribution in [0.3, 0.4) is 0 Å². The number of aliphatic imine (C=N–C) groups is 1. The molecule has 0 saturated heterocycles. The van der Waals surface area contributed by atoms with Crippen molar-refractivity contribution in [1.29, 1.82) is 0 Å². The number of anilines is 1.